The fourth-order valence-electron chi connectivity index (χ4n) is 3.66. The highest BCUT2D eigenvalue weighted by molar-refractivity contribution is 6.32. The molecule has 0 atom stereocenters. The number of aryl methyl sites for hydroxylation is 1. The number of carbonyl (C=O) groups is 2. The standard InChI is InChI=1S/C23H16Cl2F7N9O2/c1-10-6-11(24)7-13(18(42)33-2)16(10)35-19(43)15-8-12(37-41(15)17-14(25)4-3-5-34-17)9-40-38-20(36-39-40)21(26,27)22(28,29)23(30,31)32/h3-8H,9H2,1-2H3,(H,33,42)(H,35,43). The first-order valence-electron chi connectivity index (χ1n) is 11.6. The maximum absolute atomic E-state index is 14.0. The van der Waals surface area contributed by atoms with Crippen LogP contribution in [-0.4, -0.2) is 65.9 Å². The van der Waals surface area contributed by atoms with Crippen molar-refractivity contribution in [1.82, 2.24) is 40.3 Å². The van der Waals surface area contributed by atoms with Gasteiger partial charge in [-0.15, -0.1) is 10.2 Å². The molecule has 4 rings (SSSR count). The Balaban J connectivity index is 1.73. The van der Waals surface area contributed by atoms with Gasteiger partial charge in [-0.1, -0.05) is 23.2 Å². The molecule has 43 heavy (non-hydrogen) atoms. The van der Waals surface area contributed by atoms with E-state index in [0.717, 1.165) is 10.7 Å². The lowest BCUT2D eigenvalue weighted by atomic mass is 10.1. The quantitative estimate of drug-likeness (QED) is 0.261. The van der Waals surface area contributed by atoms with Crippen LogP contribution in [0.5, 0.6) is 0 Å². The molecular weight excluding hydrogens is 638 g/mol. The average molecular weight is 654 g/mol. The van der Waals surface area contributed by atoms with E-state index < -0.39 is 42.2 Å². The van der Waals surface area contributed by atoms with E-state index in [1.807, 2.05) is 0 Å². The molecule has 0 aliphatic carbocycles. The third-order valence-corrected chi connectivity index (χ3v) is 6.24. The number of alkyl halides is 7. The summed E-state index contributed by atoms with van der Waals surface area (Å²) in [7, 11) is 1.36. The molecule has 20 heteroatoms. The Labute approximate surface area is 246 Å². The molecule has 0 bridgehead atoms. The van der Waals surface area contributed by atoms with Gasteiger partial charge in [0.1, 0.15) is 12.2 Å². The van der Waals surface area contributed by atoms with Crippen LogP contribution in [0.1, 0.15) is 37.9 Å². The molecule has 0 aliphatic rings. The lowest BCUT2D eigenvalue weighted by Crippen LogP contribution is -2.50. The van der Waals surface area contributed by atoms with Gasteiger partial charge in [0.25, 0.3) is 17.6 Å². The van der Waals surface area contributed by atoms with Crippen LogP contribution < -0.4 is 10.6 Å². The predicted octanol–water partition coefficient (Wildman–Crippen LogP) is 4.82. The molecule has 0 aliphatic heterocycles. The molecule has 0 saturated carbocycles. The Bertz CT molecular complexity index is 1710. The van der Waals surface area contributed by atoms with Crippen molar-refractivity contribution in [2.45, 2.75) is 31.5 Å². The van der Waals surface area contributed by atoms with Gasteiger partial charge >= 0.3 is 18.0 Å². The predicted molar refractivity (Wildman–Crippen MR) is 136 cm³/mol. The SMILES string of the molecule is CNC(=O)c1cc(Cl)cc(C)c1NC(=O)c1cc(Cn2nnc(C(F)(F)C(F)(F)C(F)(F)F)n2)nn1-c1ncccc1Cl. The van der Waals surface area contributed by atoms with E-state index in [1.165, 1.54) is 37.5 Å². The molecule has 0 fully saturated rings. The summed E-state index contributed by atoms with van der Waals surface area (Å²) in [5.41, 5.74) is 0.0326. The number of hydrogen-bond acceptors (Lipinski definition) is 7. The van der Waals surface area contributed by atoms with Crippen molar-refractivity contribution < 1.29 is 40.3 Å². The molecule has 0 spiro atoms. The molecule has 11 nitrogen and oxygen atoms in total. The van der Waals surface area contributed by atoms with Crippen molar-refractivity contribution >= 4 is 40.7 Å². The zero-order valence-electron chi connectivity index (χ0n) is 21.5. The van der Waals surface area contributed by atoms with Crippen LogP contribution >= 0.6 is 23.2 Å². The maximum atomic E-state index is 14.0. The summed E-state index contributed by atoms with van der Waals surface area (Å²) in [6, 6.07) is 6.77. The Hall–Kier alpha value is -4.32. The monoisotopic (exact) mass is 653 g/mol. The van der Waals surface area contributed by atoms with E-state index in [1.54, 1.807) is 6.92 Å². The minimum Gasteiger partial charge on any atom is -0.355 e. The van der Waals surface area contributed by atoms with E-state index in [0.29, 0.717) is 5.56 Å². The molecule has 2 N–H and O–H groups in total. The molecule has 3 heterocycles. The topological polar surface area (TPSA) is 133 Å². The average Bonchev–Trinajstić information content (AvgIpc) is 3.57. The smallest absolute Gasteiger partial charge is 0.355 e. The summed E-state index contributed by atoms with van der Waals surface area (Å²) in [5, 5.41) is 18.1. The van der Waals surface area contributed by atoms with Crippen LogP contribution in [0.2, 0.25) is 10.0 Å². The molecular formula is C23H16Cl2F7N9O2. The highest BCUT2D eigenvalue weighted by Crippen LogP contribution is 2.50. The number of halogens is 9. The zero-order chi connectivity index (χ0) is 31.9. The van der Waals surface area contributed by atoms with Gasteiger partial charge in [-0.3, -0.25) is 9.59 Å². The number of aromatic nitrogens is 7. The van der Waals surface area contributed by atoms with E-state index >= 15 is 0 Å². The van der Waals surface area contributed by atoms with Crippen molar-refractivity contribution in [3.05, 3.63) is 74.9 Å². The molecule has 0 unspecified atom stereocenters. The fraction of sp³-hybridized carbons (Fsp3) is 0.261. The minimum absolute atomic E-state index is 0.00937. The zero-order valence-corrected chi connectivity index (χ0v) is 23.0. The third-order valence-electron chi connectivity index (χ3n) is 5.73. The van der Waals surface area contributed by atoms with Crippen LogP contribution in [-0.2, 0) is 12.5 Å². The van der Waals surface area contributed by atoms with Crippen LogP contribution in [0.4, 0.5) is 36.4 Å². The number of nitrogens with zero attached hydrogens (tertiary/aromatic N) is 7. The molecule has 0 saturated heterocycles. The summed E-state index contributed by atoms with van der Waals surface area (Å²) in [6.07, 6.45) is -5.30. The fourth-order valence-corrected chi connectivity index (χ4v) is 4.14. The summed E-state index contributed by atoms with van der Waals surface area (Å²) < 4.78 is 93.5. The van der Waals surface area contributed by atoms with Gasteiger partial charge in [0.05, 0.1) is 22.0 Å². The van der Waals surface area contributed by atoms with Crippen LogP contribution in [0.25, 0.3) is 5.82 Å². The summed E-state index contributed by atoms with van der Waals surface area (Å²) in [4.78, 5) is 30.2. The molecule has 228 valence electrons. The Morgan fingerprint density at radius 3 is 2.33 bits per heavy atom. The highest BCUT2D eigenvalue weighted by Gasteiger charge is 2.75. The van der Waals surface area contributed by atoms with Crippen LogP contribution in [0.3, 0.4) is 0 Å². The largest absolute Gasteiger partial charge is 0.460 e. The molecule has 3 aromatic heterocycles. The van der Waals surface area contributed by atoms with Gasteiger partial charge in [-0.05, 0) is 48.0 Å². The van der Waals surface area contributed by atoms with Crippen LogP contribution in [0, 0.1) is 6.92 Å². The van der Waals surface area contributed by atoms with Gasteiger partial charge < -0.3 is 10.6 Å². The van der Waals surface area contributed by atoms with Crippen LogP contribution in [0.15, 0.2) is 36.5 Å². The third kappa shape index (κ3) is 5.96. The number of pyridine rings is 1. The molecule has 2 amide bonds. The van der Waals surface area contributed by atoms with Gasteiger partial charge in [-0.25, -0.2) is 9.67 Å². The van der Waals surface area contributed by atoms with Gasteiger partial charge in [0.15, 0.2) is 5.82 Å². The number of rotatable bonds is 8. The van der Waals surface area contributed by atoms with E-state index in [2.05, 4.69) is 36.1 Å². The second-order valence-electron chi connectivity index (χ2n) is 8.71. The first-order chi connectivity index (χ1) is 20.0. The number of anilines is 1. The van der Waals surface area contributed by atoms with E-state index in [9.17, 15) is 40.3 Å². The van der Waals surface area contributed by atoms with Gasteiger partial charge in [0, 0.05) is 18.3 Å². The number of nitrogens with one attached hydrogen (secondary N) is 2. The number of carbonyl (C=O) groups excluding carboxylic acids is 2. The van der Waals surface area contributed by atoms with Gasteiger partial charge in [0.2, 0.25) is 0 Å². The second-order valence-corrected chi connectivity index (χ2v) is 9.55. The molecule has 1 aromatic carbocycles. The first-order valence-corrected chi connectivity index (χ1v) is 12.4. The Kier molecular flexibility index (Phi) is 8.38. The summed E-state index contributed by atoms with van der Waals surface area (Å²) in [6.45, 7) is 0.847. The molecule has 4 aromatic rings. The van der Waals surface area contributed by atoms with E-state index in [4.69, 9.17) is 23.2 Å². The van der Waals surface area contributed by atoms with Gasteiger partial charge in [-0.2, -0.15) is 40.6 Å². The Morgan fingerprint density at radius 2 is 1.70 bits per heavy atom. The first kappa shape index (κ1) is 31.6. The Morgan fingerprint density at radius 1 is 1.00 bits per heavy atom. The lowest BCUT2D eigenvalue weighted by Gasteiger charge is -2.25. The minimum atomic E-state index is -6.61. The highest BCUT2D eigenvalue weighted by atomic mass is 35.5. The second kappa shape index (κ2) is 11.4. The number of benzene rings is 1. The van der Waals surface area contributed by atoms with Crippen molar-refractivity contribution in [1.29, 1.82) is 0 Å². The maximum Gasteiger partial charge on any atom is 0.460 e. The van der Waals surface area contributed by atoms with Crippen molar-refractivity contribution in [2.75, 3.05) is 12.4 Å². The number of tetrazole rings is 1. The summed E-state index contributed by atoms with van der Waals surface area (Å²) in [5.74, 6) is -16.1. The number of amides is 2. The van der Waals surface area contributed by atoms with Crippen molar-refractivity contribution in [3.63, 3.8) is 0 Å². The molecule has 0 radical (unpaired) electrons. The normalized spacial score (nSPS) is 12.3. The lowest BCUT2D eigenvalue weighted by molar-refractivity contribution is -0.361. The number of hydrogen-bond donors (Lipinski definition) is 2. The van der Waals surface area contributed by atoms with Crippen molar-refractivity contribution in [2.24, 2.45) is 0 Å². The van der Waals surface area contributed by atoms with E-state index in [-0.39, 0.29) is 43.3 Å². The summed E-state index contributed by atoms with van der Waals surface area (Å²) >= 11 is 12.3. The van der Waals surface area contributed by atoms with Crippen molar-refractivity contribution in [3.8, 4) is 5.82 Å².